The van der Waals surface area contributed by atoms with Crippen LogP contribution >= 0.6 is 0 Å². The van der Waals surface area contributed by atoms with Gasteiger partial charge in [0.15, 0.2) is 0 Å². The number of alkyl halides is 3. The van der Waals surface area contributed by atoms with Gasteiger partial charge in [-0.1, -0.05) is 11.2 Å². The van der Waals surface area contributed by atoms with E-state index in [4.69, 9.17) is 9.26 Å². The molecular formula is C17H17F3N2O2. The van der Waals surface area contributed by atoms with Crippen molar-refractivity contribution in [3.8, 4) is 11.1 Å². The molecule has 0 bridgehead atoms. The Balaban J connectivity index is 1.96. The van der Waals surface area contributed by atoms with Crippen molar-refractivity contribution >= 4 is 0 Å². The van der Waals surface area contributed by atoms with Crippen molar-refractivity contribution in [2.45, 2.75) is 38.7 Å². The van der Waals surface area contributed by atoms with E-state index in [0.717, 1.165) is 5.56 Å². The lowest BCUT2D eigenvalue weighted by Crippen LogP contribution is -2.29. The Morgan fingerprint density at radius 3 is 2.67 bits per heavy atom. The van der Waals surface area contributed by atoms with E-state index in [9.17, 15) is 13.2 Å². The first-order chi connectivity index (χ1) is 11.4. The zero-order valence-corrected chi connectivity index (χ0v) is 13.3. The van der Waals surface area contributed by atoms with Crippen molar-refractivity contribution in [3.05, 3.63) is 40.3 Å². The lowest BCUT2D eigenvalue weighted by Gasteiger charge is -2.30. The van der Waals surface area contributed by atoms with E-state index in [0.29, 0.717) is 35.7 Å². The molecule has 2 atom stereocenters. The quantitative estimate of drug-likeness (QED) is 0.864. The molecule has 2 aliphatic rings. The van der Waals surface area contributed by atoms with Gasteiger partial charge in [0.2, 0.25) is 0 Å². The van der Waals surface area contributed by atoms with Crippen LogP contribution in [0.5, 0.6) is 0 Å². The highest BCUT2D eigenvalue weighted by Crippen LogP contribution is 2.44. The summed E-state index contributed by atoms with van der Waals surface area (Å²) in [5, 5.41) is 7.07. The molecule has 0 aliphatic carbocycles. The van der Waals surface area contributed by atoms with E-state index in [1.54, 1.807) is 13.8 Å². The number of halogens is 3. The Bertz CT molecular complexity index is 778. The number of hydrogen-bond donors (Lipinski definition) is 1. The maximum atomic E-state index is 13.6. The smallest absolute Gasteiger partial charge is 0.372 e. The second-order valence-corrected chi connectivity index (χ2v) is 6.40. The Kier molecular flexibility index (Phi) is 3.47. The maximum Gasteiger partial charge on any atom is 0.416 e. The zero-order valence-electron chi connectivity index (χ0n) is 13.3. The van der Waals surface area contributed by atoms with Crippen LogP contribution < -0.4 is 5.32 Å². The molecule has 0 saturated carbocycles. The summed E-state index contributed by atoms with van der Waals surface area (Å²) in [6.07, 6.45) is -4.50. The normalized spacial score (nSPS) is 23.2. The predicted molar refractivity (Wildman–Crippen MR) is 80.6 cm³/mol. The van der Waals surface area contributed by atoms with Gasteiger partial charge < -0.3 is 14.6 Å². The van der Waals surface area contributed by atoms with E-state index >= 15 is 0 Å². The van der Waals surface area contributed by atoms with Crippen molar-refractivity contribution in [1.82, 2.24) is 10.5 Å². The number of ether oxygens (including phenoxy) is 1. The highest BCUT2D eigenvalue weighted by atomic mass is 19.4. The molecule has 128 valence electrons. The Labute approximate surface area is 137 Å². The summed E-state index contributed by atoms with van der Waals surface area (Å²) in [7, 11) is 0. The topological polar surface area (TPSA) is 47.3 Å². The van der Waals surface area contributed by atoms with Gasteiger partial charge in [-0.15, -0.1) is 0 Å². The zero-order chi connectivity index (χ0) is 17.1. The number of aryl methyl sites for hydroxylation is 2. The van der Waals surface area contributed by atoms with Crippen LogP contribution in [0.25, 0.3) is 11.1 Å². The summed E-state index contributed by atoms with van der Waals surface area (Å²) in [5.74, 6) is 0.462. The lowest BCUT2D eigenvalue weighted by atomic mass is 9.84. The van der Waals surface area contributed by atoms with E-state index < -0.39 is 11.7 Å². The summed E-state index contributed by atoms with van der Waals surface area (Å²) in [4.78, 5) is 0. The van der Waals surface area contributed by atoms with Crippen LogP contribution in [0.2, 0.25) is 0 Å². The number of benzene rings is 1. The molecule has 24 heavy (non-hydrogen) atoms. The van der Waals surface area contributed by atoms with Crippen LogP contribution in [0.1, 0.15) is 34.1 Å². The SMILES string of the molecule is Cc1noc(C)c1-c1cc2c(c(C(F)(F)F)c1)CO[C@@H]1CNC[C@H]21. The number of hydrogen-bond acceptors (Lipinski definition) is 4. The fraction of sp³-hybridized carbons (Fsp3) is 0.471. The van der Waals surface area contributed by atoms with Gasteiger partial charge in [-0.2, -0.15) is 13.2 Å². The fourth-order valence-corrected chi connectivity index (χ4v) is 3.81. The highest BCUT2D eigenvalue weighted by Gasteiger charge is 2.41. The van der Waals surface area contributed by atoms with Gasteiger partial charge in [-0.05, 0) is 36.6 Å². The van der Waals surface area contributed by atoms with Crippen molar-refractivity contribution in [3.63, 3.8) is 0 Å². The number of fused-ring (bicyclic) bond motifs is 3. The molecule has 4 rings (SSSR count). The number of rotatable bonds is 1. The third-order valence-corrected chi connectivity index (χ3v) is 4.91. The Hall–Kier alpha value is -1.86. The second kappa shape index (κ2) is 5.32. The van der Waals surface area contributed by atoms with Gasteiger partial charge in [-0.3, -0.25) is 0 Å². The average molecular weight is 338 g/mol. The van der Waals surface area contributed by atoms with Crippen LogP contribution in [0.4, 0.5) is 13.2 Å². The third kappa shape index (κ3) is 2.34. The largest absolute Gasteiger partial charge is 0.416 e. The summed E-state index contributed by atoms with van der Waals surface area (Å²) in [6, 6.07) is 3.04. The number of aromatic nitrogens is 1. The molecule has 2 aromatic rings. The summed E-state index contributed by atoms with van der Waals surface area (Å²) < 4.78 is 51.7. The molecule has 1 aromatic heterocycles. The minimum atomic E-state index is -4.43. The van der Waals surface area contributed by atoms with Crippen molar-refractivity contribution in [1.29, 1.82) is 0 Å². The van der Waals surface area contributed by atoms with E-state index in [-0.39, 0.29) is 24.2 Å². The van der Waals surface area contributed by atoms with Gasteiger partial charge in [0.25, 0.3) is 0 Å². The van der Waals surface area contributed by atoms with Crippen LogP contribution in [0.15, 0.2) is 16.7 Å². The molecule has 4 nitrogen and oxygen atoms in total. The highest BCUT2D eigenvalue weighted by molar-refractivity contribution is 5.70. The van der Waals surface area contributed by atoms with E-state index in [1.807, 2.05) is 6.07 Å². The molecule has 0 spiro atoms. The molecule has 1 N–H and O–H groups in total. The molecule has 0 radical (unpaired) electrons. The molecule has 1 saturated heterocycles. The van der Waals surface area contributed by atoms with Crippen LogP contribution in [-0.4, -0.2) is 24.4 Å². The van der Waals surface area contributed by atoms with Crippen molar-refractivity contribution < 1.29 is 22.4 Å². The molecule has 1 aromatic carbocycles. The maximum absolute atomic E-state index is 13.6. The minimum Gasteiger partial charge on any atom is -0.372 e. The van der Waals surface area contributed by atoms with Crippen molar-refractivity contribution in [2.75, 3.05) is 13.1 Å². The Morgan fingerprint density at radius 1 is 1.21 bits per heavy atom. The molecular weight excluding hydrogens is 321 g/mol. The van der Waals surface area contributed by atoms with Crippen LogP contribution in [0, 0.1) is 13.8 Å². The summed E-state index contributed by atoms with van der Waals surface area (Å²) in [6.45, 7) is 4.74. The molecule has 0 amide bonds. The number of nitrogens with zero attached hydrogens (tertiary/aromatic N) is 1. The number of nitrogens with one attached hydrogen (secondary N) is 1. The van der Waals surface area contributed by atoms with Crippen molar-refractivity contribution in [2.24, 2.45) is 0 Å². The van der Waals surface area contributed by atoms with Gasteiger partial charge in [0.1, 0.15) is 5.76 Å². The second-order valence-electron chi connectivity index (χ2n) is 6.40. The first-order valence-electron chi connectivity index (χ1n) is 7.86. The molecule has 7 heteroatoms. The van der Waals surface area contributed by atoms with Gasteiger partial charge in [0.05, 0.1) is 24.0 Å². The van der Waals surface area contributed by atoms with Gasteiger partial charge in [0, 0.05) is 24.6 Å². The monoisotopic (exact) mass is 338 g/mol. The minimum absolute atomic E-state index is 0.00506. The molecule has 1 fully saturated rings. The van der Waals surface area contributed by atoms with E-state index in [2.05, 4.69) is 10.5 Å². The standard InChI is InChI=1S/C17H17F3N2O2/c1-8-16(9(2)24-22-8)10-3-11-12-5-21-6-15(12)23-7-13(11)14(4-10)17(18,19)20/h3-4,12,15,21H,5-7H2,1-2H3/t12-,15-/m1/s1. The first-order valence-corrected chi connectivity index (χ1v) is 7.86. The molecule has 0 unspecified atom stereocenters. The average Bonchev–Trinajstić information content (AvgIpc) is 3.12. The summed E-state index contributed by atoms with van der Waals surface area (Å²) in [5.41, 5.74) is 2.08. The third-order valence-electron chi connectivity index (χ3n) is 4.91. The fourth-order valence-electron chi connectivity index (χ4n) is 3.81. The lowest BCUT2D eigenvalue weighted by molar-refractivity contribution is -0.139. The van der Waals surface area contributed by atoms with E-state index in [1.165, 1.54) is 6.07 Å². The van der Waals surface area contributed by atoms with Crippen LogP contribution in [0.3, 0.4) is 0 Å². The molecule has 3 heterocycles. The predicted octanol–water partition coefficient (Wildman–Crippen LogP) is 3.56. The molecule has 2 aliphatic heterocycles. The Morgan fingerprint density at radius 2 is 2.00 bits per heavy atom. The first kappa shape index (κ1) is 15.7. The summed E-state index contributed by atoms with van der Waals surface area (Å²) >= 11 is 0. The van der Waals surface area contributed by atoms with Gasteiger partial charge >= 0.3 is 6.18 Å². The van der Waals surface area contributed by atoms with Gasteiger partial charge in [-0.25, -0.2) is 0 Å². The van der Waals surface area contributed by atoms with Crippen LogP contribution in [-0.2, 0) is 17.5 Å².